The van der Waals surface area contributed by atoms with Crippen molar-refractivity contribution in [3.63, 3.8) is 0 Å². The van der Waals surface area contributed by atoms with Gasteiger partial charge in [-0.2, -0.15) is 0 Å². The molecule has 0 fully saturated rings. The fourth-order valence-corrected chi connectivity index (χ4v) is 9.15. The van der Waals surface area contributed by atoms with Crippen LogP contribution in [0.1, 0.15) is 85.8 Å². The first-order valence-electron chi connectivity index (χ1n) is 22.5. The van der Waals surface area contributed by atoms with Gasteiger partial charge in [0, 0.05) is 61.8 Å². The minimum absolute atomic E-state index is 0.0773. The zero-order valence-electron chi connectivity index (χ0n) is 36.3. The van der Waals surface area contributed by atoms with E-state index in [-0.39, 0.29) is 5.41 Å². The van der Waals surface area contributed by atoms with Crippen LogP contribution in [0.25, 0.3) is 11.1 Å². The van der Waals surface area contributed by atoms with Crippen LogP contribution in [0, 0.1) is 23.7 Å². The van der Waals surface area contributed by atoms with Gasteiger partial charge in [-0.05, 0) is 156 Å². The first kappa shape index (κ1) is 40.9. The van der Waals surface area contributed by atoms with Gasteiger partial charge in [0.05, 0.1) is 0 Å². The van der Waals surface area contributed by atoms with E-state index in [0.717, 1.165) is 82.1 Å². The van der Waals surface area contributed by atoms with E-state index in [2.05, 4.69) is 254 Å². The molecule has 8 aromatic rings. The number of rotatable bonds is 12. The number of nitrogens with zero attached hydrogens (tertiary/aromatic N) is 2. The lowest BCUT2D eigenvalue weighted by Gasteiger charge is -2.33. The van der Waals surface area contributed by atoms with E-state index in [1.807, 2.05) is 0 Å². The minimum Gasteiger partial charge on any atom is -0.311 e. The zero-order valence-corrected chi connectivity index (χ0v) is 36.3. The fraction of sp³-hybridized carbons (Fsp3) is 0.148. The maximum atomic E-state index is 3.57. The van der Waals surface area contributed by atoms with Crippen LogP contribution in [0.2, 0.25) is 0 Å². The lowest BCUT2D eigenvalue weighted by molar-refractivity contribution is 0.414. The predicted molar refractivity (Wildman–Crippen MR) is 266 cm³/mol. The van der Waals surface area contributed by atoms with Gasteiger partial charge in [-0.1, -0.05) is 148 Å². The third kappa shape index (κ3) is 8.81. The Morgan fingerprint density at radius 2 is 0.619 bits per heavy atom. The molecule has 0 heterocycles. The Labute approximate surface area is 374 Å². The molecule has 0 spiro atoms. The highest BCUT2D eigenvalue weighted by Gasteiger charge is 2.42. The summed E-state index contributed by atoms with van der Waals surface area (Å²) in [6, 6.07) is 73.2. The van der Waals surface area contributed by atoms with Crippen LogP contribution in [0.3, 0.4) is 0 Å². The molecule has 63 heavy (non-hydrogen) atoms. The molecule has 9 rings (SSSR count). The van der Waals surface area contributed by atoms with E-state index in [9.17, 15) is 0 Å². The Kier molecular flexibility index (Phi) is 12.3. The minimum atomic E-state index is -0.0773. The summed E-state index contributed by atoms with van der Waals surface area (Å²) in [5.41, 5.74) is 16.2. The van der Waals surface area contributed by atoms with Crippen LogP contribution in [0.4, 0.5) is 34.1 Å². The summed E-state index contributed by atoms with van der Waals surface area (Å²) >= 11 is 0. The maximum absolute atomic E-state index is 3.57. The van der Waals surface area contributed by atoms with Crippen molar-refractivity contribution < 1.29 is 0 Å². The second kappa shape index (κ2) is 19.0. The normalized spacial score (nSPS) is 11.9. The number of hydrogen-bond donors (Lipinski definition) is 0. The lowest BCUT2D eigenvalue weighted by Crippen LogP contribution is -2.25. The van der Waals surface area contributed by atoms with Gasteiger partial charge in [-0.3, -0.25) is 0 Å². The number of para-hydroxylation sites is 4. The first-order chi connectivity index (χ1) is 31.1. The van der Waals surface area contributed by atoms with Crippen molar-refractivity contribution in [2.24, 2.45) is 0 Å². The molecular formula is C61H52N2. The highest BCUT2D eigenvalue weighted by atomic mass is 15.1. The van der Waals surface area contributed by atoms with E-state index in [0.29, 0.717) is 0 Å². The molecule has 2 nitrogen and oxygen atoms in total. The standard InChI is InChI=1S/C61H52N2/c1-3-5-43-61(44-6-4-2)59-45-49(29-27-47-31-37-55(38-32-47)62(51-19-11-7-12-20-51)52-21-13-8-14-22-52)35-41-57(59)58-42-36-50(46-60(58)61)30-28-48-33-39-56(40-34-48)63(53-23-15-9-16-24-53)54-25-17-10-18-26-54/h7-26,31-42,45-46H,3-6,43-44H2,1-2H3. The van der Waals surface area contributed by atoms with E-state index in [4.69, 9.17) is 0 Å². The number of fused-ring (bicyclic) bond motifs is 3. The lowest BCUT2D eigenvalue weighted by atomic mass is 9.70. The van der Waals surface area contributed by atoms with Gasteiger partial charge in [0.25, 0.3) is 0 Å². The molecule has 1 aliphatic carbocycles. The van der Waals surface area contributed by atoms with Gasteiger partial charge in [-0.25, -0.2) is 0 Å². The molecule has 306 valence electrons. The van der Waals surface area contributed by atoms with Gasteiger partial charge in [-0.15, -0.1) is 0 Å². The van der Waals surface area contributed by atoms with Crippen molar-refractivity contribution in [2.75, 3.05) is 9.80 Å². The van der Waals surface area contributed by atoms with Crippen molar-refractivity contribution in [2.45, 2.75) is 57.8 Å². The molecule has 0 atom stereocenters. The summed E-state index contributed by atoms with van der Waals surface area (Å²) in [7, 11) is 0. The predicted octanol–water partition coefficient (Wildman–Crippen LogP) is 16.1. The van der Waals surface area contributed by atoms with Crippen LogP contribution in [-0.4, -0.2) is 0 Å². The maximum Gasteiger partial charge on any atom is 0.0462 e. The Balaban J connectivity index is 1.00. The average Bonchev–Trinajstić information content (AvgIpc) is 3.61. The smallest absolute Gasteiger partial charge is 0.0462 e. The number of hydrogen-bond acceptors (Lipinski definition) is 2. The molecule has 0 aromatic heterocycles. The van der Waals surface area contributed by atoms with Crippen molar-refractivity contribution >= 4 is 34.1 Å². The Morgan fingerprint density at radius 3 is 0.937 bits per heavy atom. The van der Waals surface area contributed by atoms with Crippen molar-refractivity contribution in [1.82, 2.24) is 0 Å². The molecule has 0 saturated carbocycles. The summed E-state index contributed by atoms with van der Waals surface area (Å²) < 4.78 is 0. The largest absolute Gasteiger partial charge is 0.311 e. The molecule has 0 amide bonds. The van der Waals surface area contributed by atoms with E-state index in [1.54, 1.807) is 0 Å². The van der Waals surface area contributed by atoms with Crippen molar-refractivity contribution in [3.05, 3.63) is 240 Å². The molecule has 2 heteroatoms. The highest BCUT2D eigenvalue weighted by Crippen LogP contribution is 2.54. The molecular weight excluding hydrogens is 761 g/mol. The molecule has 0 bridgehead atoms. The Bertz CT molecular complexity index is 2610. The second-order valence-corrected chi connectivity index (χ2v) is 16.4. The van der Waals surface area contributed by atoms with Gasteiger partial charge >= 0.3 is 0 Å². The van der Waals surface area contributed by atoms with Gasteiger partial charge in [0.1, 0.15) is 0 Å². The van der Waals surface area contributed by atoms with Crippen molar-refractivity contribution in [3.8, 4) is 34.8 Å². The summed E-state index contributed by atoms with van der Waals surface area (Å²) in [6.45, 7) is 4.62. The average molecular weight is 813 g/mol. The van der Waals surface area contributed by atoms with Gasteiger partial charge < -0.3 is 9.80 Å². The Hall–Kier alpha value is -7.52. The number of benzene rings is 8. The first-order valence-corrected chi connectivity index (χ1v) is 22.5. The van der Waals surface area contributed by atoms with Crippen LogP contribution >= 0.6 is 0 Å². The summed E-state index contributed by atoms with van der Waals surface area (Å²) in [5.74, 6) is 14.2. The third-order valence-corrected chi connectivity index (χ3v) is 12.3. The summed E-state index contributed by atoms with van der Waals surface area (Å²) in [6.07, 6.45) is 6.86. The monoisotopic (exact) mass is 812 g/mol. The molecule has 0 radical (unpaired) electrons. The fourth-order valence-electron chi connectivity index (χ4n) is 9.15. The molecule has 0 aliphatic heterocycles. The topological polar surface area (TPSA) is 6.48 Å². The number of unbranched alkanes of at least 4 members (excludes halogenated alkanes) is 2. The van der Waals surface area contributed by atoms with Crippen molar-refractivity contribution in [1.29, 1.82) is 0 Å². The van der Waals surface area contributed by atoms with Gasteiger partial charge in [0.2, 0.25) is 0 Å². The van der Waals surface area contributed by atoms with E-state index >= 15 is 0 Å². The van der Waals surface area contributed by atoms with Crippen LogP contribution in [0.5, 0.6) is 0 Å². The molecule has 8 aromatic carbocycles. The Morgan fingerprint density at radius 1 is 0.333 bits per heavy atom. The molecule has 0 saturated heterocycles. The van der Waals surface area contributed by atoms with Gasteiger partial charge in [0.15, 0.2) is 0 Å². The zero-order chi connectivity index (χ0) is 42.9. The SMILES string of the molecule is CCCCC1(CCCC)c2cc(C#Cc3ccc(N(c4ccccc4)c4ccccc4)cc3)ccc2-c2ccc(C#Cc3ccc(N(c4ccccc4)c4ccccc4)cc3)cc21. The highest BCUT2D eigenvalue weighted by molar-refractivity contribution is 5.83. The molecule has 1 aliphatic rings. The molecule has 0 unspecified atom stereocenters. The summed E-state index contributed by atoms with van der Waals surface area (Å²) in [4.78, 5) is 4.56. The van der Waals surface area contributed by atoms with Crippen LogP contribution in [-0.2, 0) is 5.41 Å². The third-order valence-electron chi connectivity index (χ3n) is 12.3. The van der Waals surface area contributed by atoms with Crippen LogP contribution < -0.4 is 9.80 Å². The second-order valence-electron chi connectivity index (χ2n) is 16.4. The summed E-state index contributed by atoms with van der Waals surface area (Å²) in [5, 5.41) is 0. The van der Waals surface area contributed by atoms with E-state index < -0.39 is 0 Å². The molecule has 0 N–H and O–H groups in total. The van der Waals surface area contributed by atoms with E-state index in [1.165, 1.54) is 35.1 Å². The quantitative estimate of drug-likeness (QED) is 0.113. The van der Waals surface area contributed by atoms with Crippen LogP contribution in [0.15, 0.2) is 206 Å². The number of anilines is 6.